The molecule has 0 aliphatic heterocycles. The molecule has 1 fully saturated rings. The van der Waals surface area contributed by atoms with Crippen LogP contribution in [0.15, 0.2) is 18.2 Å². The minimum atomic E-state index is -0.210. The molecule has 1 aliphatic rings. The molecule has 0 radical (unpaired) electrons. The van der Waals surface area contributed by atoms with Crippen LogP contribution < -0.4 is 16.0 Å². The first-order chi connectivity index (χ1) is 9.47. The molecule has 1 aliphatic carbocycles. The van der Waals surface area contributed by atoms with Crippen molar-refractivity contribution in [2.45, 2.75) is 37.8 Å². The average molecular weight is 277 g/mol. The molecule has 0 unspecified atom stereocenters. The second-order valence-electron chi connectivity index (χ2n) is 5.65. The van der Waals surface area contributed by atoms with Gasteiger partial charge in [-0.1, -0.05) is 0 Å². The lowest BCUT2D eigenvalue weighted by atomic mass is 9.93. The van der Waals surface area contributed by atoms with Crippen LogP contribution in [0.2, 0.25) is 0 Å². The summed E-state index contributed by atoms with van der Waals surface area (Å²) in [6.07, 6.45) is 2.97. The van der Waals surface area contributed by atoms with E-state index in [9.17, 15) is 9.90 Å². The van der Waals surface area contributed by atoms with Gasteiger partial charge in [0.2, 0.25) is 0 Å². The molecule has 20 heavy (non-hydrogen) atoms. The van der Waals surface area contributed by atoms with E-state index in [1.54, 1.807) is 12.1 Å². The Bertz CT molecular complexity index is 480. The molecule has 0 atom stereocenters. The summed E-state index contributed by atoms with van der Waals surface area (Å²) in [6.45, 7) is 0. The average Bonchev–Trinajstić information content (AvgIpc) is 2.40. The fraction of sp³-hybridized carbons (Fsp3) is 0.533. The molecule has 1 aromatic rings. The van der Waals surface area contributed by atoms with Crippen molar-refractivity contribution in [2.75, 3.05) is 24.7 Å². The molecule has 0 spiro atoms. The SMILES string of the molecule is CN(C)c1ccc(C(=O)NC2CCC(O)CC2)cc1N. The Morgan fingerprint density at radius 1 is 1.30 bits per heavy atom. The number of aliphatic hydroxyl groups is 1. The summed E-state index contributed by atoms with van der Waals surface area (Å²) in [5, 5.41) is 12.5. The van der Waals surface area contributed by atoms with E-state index in [0.717, 1.165) is 31.4 Å². The molecule has 0 bridgehead atoms. The number of carbonyl (C=O) groups excluding carboxylic acids is 1. The smallest absolute Gasteiger partial charge is 0.251 e. The van der Waals surface area contributed by atoms with Crippen molar-refractivity contribution in [1.29, 1.82) is 0 Å². The van der Waals surface area contributed by atoms with Crippen molar-refractivity contribution in [2.24, 2.45) is 0 Å². The van der Waals surface area contributed by atoms with Crippen LogP contribution in [0.25, 0.3) is 0 Å². The summed E-state index contributed by atoms with van der Waals surface area (Å²) in [5.74, 6) is -0.0941. The van der Waals surface area contributed by atoms with E-state index in [1.165, 1.54) is 0 Å². The van der Waals surface area contributed by atoms with Crippen LogP contribution >= 0.6 is 0 Å². The van der Waals surface area contributed by atoms with Gasteiger partial charge in [-0.15, -0.1) is 0 Å². The van der Waals surface area contributed by atoms with Gasteiger partial charge in [-0.2, -0.15) is 0 Å². The summed E-state index contributed by atoms with van der Waals surface area (Å²) in [7, 11) is 3.83. The number of amides is 1. The van der Waals surface area contributed by atoms with Crippen molar-refractivity contribution >= 4 is 17.3 Å². The Balaban J connectivity index is 2.01. The van der Waals surface area contributed by atoms with Crippen LogP contribution in [0.4, 0.5) is 11.4 Å². The van der Waals surface area contributed by atoms with E-state index in [4.69, 9.17) is 5.73 Å². The van der Waals surface area contributed by atoms with Gasteiger partial charge in [0.05, 0.1) is 17.5 Å². The molecule has 0 aromatic heterocycles. The Morgan fingerprint density at radius 2 is 1.95 bits per heavy atom. The number of aliphatic hydroxyl groups excluding tert-OH is 1. The first-order valence-corrected chi connectivity index (χ1v) is 7.03. The van der Waals surface area contributed by atoms with Crippen molar-refractivity contribution in [3.8, 4) is 0 Å². The number of nitrogens with zero attached hydrogens (tertiary/aromatic N) is 1. The van der Waals surface area contributed by atoms with Crippen LogP contribution in [0.5, 0.6) is 0 Å². The Kier molecular flexibility index (Phi) is 4.49. The van der Waals surface area contributed by atoms with E-state index in [2.05, 4.69) is 5.32 Å². The quantitative estimate of drug-likeness (QED) is 0.729. The molecule has 0 heterocycles. The van der Waals surface area contributed by atoms with E-state index in [0.29, 0.717) is 11.3 Å². The van der Waals surface area contributed by atoms with E-state index >= 15 is 0 Å². The van der Waals surface area contributed by atoms with Crippen LogP contribution in [0.3, 0.4) is 0 Å². The summed E-state index contributed by atoms with van der Waals surface area (Å²) in [4.78, 5) is 14.1. The monoisotopic (exact) mass is 277 g/mol. The van der Waals surface area contributed by atoms with Crippen molar-refractivity contribution in [3.63, 3.8) is 0 Å². The van der Waals surface area contributed by atoms with Crippen LogP contribution in [-0.2, 0) is 0 Å². The van der Waals surface area contributed by atoms with Gasteiger partial charge < -0.3 is 21.1 Å². The summed E-state index contributed by atoms with van der Waals surface area (Å²) >= 11 is 0. The predicted molar refractivity (Wildman–Crippen MR) is 80.9 cm³/mol. The fourth-order valence-electron chi connectivity index (χ4n) is 2.59. The summed E-state index contributed by atoms with van der Waals surface area (Å²) < 4.78 is 0. The molecule has 1 aromatic carbocycles. The van der Waals surface area contributed by atoms with Crippen molar-refractivity contribution < 1.29 is 9.90 Å². The number of benzene rings is 1. The largest absolute Gasteiger partial charge is 0.397 e. The second-order valence-corrected chi connectivity index (χ2v) is 5.65. The Labute approximate surface area is 119 Å². The standard InChI is InChI=1S/C15H23N3O2/c1-18(2)14-8-3-10(9-13(14)16)15(20)17-11-4-6-12(19)7-5-11/h3,8-9,11-12,19H,4-7,16H2,1-2H3,(H,17,20). The van der Waals surface area contributed by atoms with E-state index in [1.807, 2.05) is 25.1 Å². The minimum Gasteiger partial charge on any atom is -0.397 e. The Morgan fingerprint density at radius 3 is 2.50 bits per heavy atom. The number of rotatable bonds is 3. The number of nitrogen functional groups attached to an aromatic ring is 1. The molecule has 4 N–H and O–H groups in total. The third kappa shape index (κ3) is 3.42. The molecule has 110 valence electrons. The maximum Gasteiger partial charge on any atom is 0.251 e. The lowest BCUT2D eigenvalue weighted by Crippen LogP contribution is -2.38. The normalized spacial score (nSPS) is 22.4. The summed E-state index contributed by atoms with van der Waals surface area (Å²) in [5.41, 5.74) is 8.04. The molecule has 0 saturated heterocycles. The second kappa shape index (κ2) is 6.13. The van der Waals surface area contributed by atoms with Crippen LogP contribution in [0.1, 0.15) is 36.0 Å². The van der Waals surface area contributed by atoms with E-state index < -0.39 is 0 Å². The number of hydrogen-bond acceptors (Lipinski definition) is 4. The fourth-order valence-corrected chi connectivity index (χ4v) is 2.59. The van der Waals surface area contributed by atoms with Gasteiger partial charge >= 0.3 is 0 Å². The molecule has 1 saturated carbocycles. The Hall–Kier alpha value is -1.75. The van der Waals surface area contributed by atoms with Gasteiger partial charge in [0, 0.05) is 25.7 Å². The van der Waals surface area contributed by atoms with Gasteiger partial charge in [0.1, 0.15) is 0 Å². The highest BCUT2D eigenvalue weighted by Crippen LogP contribution is 2.23. The minimum absolute atomic E-state index is 0.0941. The van der Waals surface area contributed by atoms with Crippen molar-refractivity contribution in [1.82, 2.24) is 5.32 Å². The zero-order valence-electron chi connectivity index (χ0n) is 12.1. The van der Waals surface area contributed by atoms with Crippen LogP contribution in [0, 0.1) is 0 Å². The molecule has 1 amide bonds. The number of nitrogens with two attached hydrogens (primary N) is 1. The first-order valence-electron chi connectivity index (χ1n) is 7.03. The molecular formula is C15H23N3O2. The maximum absolute atomic E-state index is 12.2. The lowest BCUT2D eigenvalue weighted by molar-refractivity contribution is 0.0867. The predicted octanol–water partition coefficient (Wildman–Crippen LogP) is 1.37. The molecular weight excluding hydrogens is 254 g/mol. The lowest BCUT2D eigenvalue weighted by Gasteiger charge is -2.26. The zero-order valence-corrected chi connectivity index (χ0v) is 12.1. The van der Waals surface area contributed by atoms with Gasteiger partial charge in [-0.25, -0.2) is 0 Å². The number of hydrogen-bond donors (Lipinski definition) is 3. The highest BCUT2D eigenvalue weighted by atomic mass is 16.3. The van der Waals surface area contributed by atoms with Gasteiger partial charge in [0.25, 0.3) is 5.91 Å². The molecule has 5 nitrogen and oxygen atoms in total. The third-order valence-electron chi connectivity index (χ3n) is 3.80. The van der Waals surface area contributed by atoms with Gasteiger partial charge in [-0.3, -0.25) is 4.79 Å². The van der Waals surface area contributed by atoms with Crippen molar-refractivity contribution in [3.05, 3.63) is 23.8 Å². The highest BCUT2D eigenvalue weighted by Gasteiger charge is 2.21. The zero-order chi connectivity index (χ0) is 14.7. The molecule has 2 rings (SSSR count). The van der Waals surface area contributed by atoms with Crippen LogP contribution in [-0.4, -0.2) is 37.3 Å². The highest BCUT2D eigenvalue weighted by molar-refractivity contribution is 5.96. The topological polar surface area (TPSA) is 78.6 Å². The molecule has 5 heteroatoms. The van der Waals surface area contributed by atoms with E-state index in [-0.39, 0.29) is 18.1 Å². The van der Waals surface area contributed by atoms with Gasteiger partial charge in [0.15, 0.2) is 0 Å². The first kappa shape index (κ1) is 14.7. The summed E-state index contributed by atoms with van der Waals surface area (Å²) in [6, 6.07) is 5.51. The van der Waals surface area contributed by atoms with Gasteiger partial charge in [-0.05, 0) is 43.9 Å². The number of nitrogens with one attached hydrogen (secondary N) is 1. The number of anilines is 2. The maximum atomic E-state index is 12.2. The third-order valence-corrected chi connectivity index (χ3v) is 3.80. The number of carbonyl (C=O) groups is 1.